The number of carbonyl (C=O) groups is 3. The number of benzene rings is 6. The van der Waals surface area contributed by atoms with Crippen molar-refractivity contribution in [1.82, 2.24) is 29.4 Å². The average Bonchev–Trinajstić information content (AvgIpc) is 0.722. The molecule has 0 atom stereocenters. The number of nitrogens with zero attached hydrogens (tertiary/aromatic N) is 6. The Morgan fingerprint density at radius 1 is 0.430 bits per heavy atom. The molecule has 4 aromatic heterocycles. The van der Waals surface area contributed by atoms with Gasteiger partial charge in [0.05, 0.1) is 21.5 Å². The summed E-state index contributed by atoms with van der Waals surface area (Å²) in [5.74, 6) is -0.662. The van der Waals surface area contributed by atoms with Crippen molar-refractivity contribution in [3.05, 3.63) is 111 Å². The zero-order valence-electron chi connectivity index (χ0n) is 51.1. The first-order chi connectivity index (χ1) is 45.1. The molecule has 3 amide bonds. The molecule has 0 saturated carbocycles. The summed E-state index contributed by atoms with van der Waals surface area (Å²) in [7, 11) is 0. The minimum atomic E-state index is -0.752. The van der Waals surface area contributed by atoms with Gasteiger partial charge in [-0.2, -0.15) is 0 Å². The van der Waals surface area contributed by atoms with E-state index in [9.17, 15) is 43.8 Å². The van der Waals surface area contributed by atoms with Gasteiger partial charge in [-0.25, -0.2) is 24.0 Å². The van der Waals surface area contributed by atoms with Crippen LogP contribution in [0.1, 0.15) is 96.3 Å². The maximum atomic E-state index is 14.0. The number of likely N-dealkylation sites (tertiary alicyclic amines) is 6. The van der Waals surface area contributed by atoms with Gasteiger partial charge in [0.25, 0.3) is 5.95 Å². The van der Waals surface area contributed by atoms with Crippen molar-refractivity contribution in [1.29, 1.82) is 0 Å². The van der Waals surface area contributed by atoms with E-state index < -0.39 is 40.4 Å². The van der Waals surface area contributed by atoms with Crippen LogP contribution in [0.3, 0.4) is 0 Å². The third kappa shape index (κ3) is 11.8. The van der Waals surface area contributed by atoms with Gasteiger partial charge in [0, 0.05) is 98.7 Å². The van der Waals surface area contributed by atoms with E-state index in [0.717, 1.165) is 77.8 Å². The Balaban J connectivity index is 0.000000152. The van der Waals surface area contributed by atoms with Gasteiger partial charge >= 0.3 is 34.4 Å². The van der Waals surface area contributed by atoms with Crippen LogP contribution in [0.2, 0.25) is 0 Å². The topological polar surface area (TPSA) is 250 Å². The number of carbonyl (C=O) groups excluding carboxylic acids is 3. The fourth-order valence-corrected chi connectivity index (χ4v) is 16.5. The van der Waals surface area contributed by atoms with Crippen LogP contribution in [-0.2, 0) is 0 Å². The summed E-state index contributed by atoms with van der Waals surface area (Å²) in [5, 5.41) is 23.1. The van der Waals surface area contributed by atoms with E-state index in [2.05, 4.69) is 46.6 Å². The van der Waals surface area contributed by atoms with Crippen molar-refractivity contribution < 1.29 is 51.7 Å². The first-order valence-electron chi connectivity index (χ1n) is 32.4. The number of aromatic hydroxyl groups is 2. The van der Waals surface area contributed by atoms with E-state index >= 15 is 0 Å². The minimum Gasteiger partial charge on any atom is -0.506 e. The Kier molecular flexibility index (Phi) is 17.8. The highest BCUT2D eigenvalue weighted by molar-refractivity contribution is 9.11. The molecule has 486 valence electrons. The van der Waals surface area contributed by atoms with Gasteiger partial charge < -0.3 is 66.8 Å². The molecule has 10 heterocycles. The van der Waals surface area contributed by atoms with Gasteiger partial charge in [-0.15, -0.1) is 0 Å². The number of phenolic OH excluding ortho intramolecular Hbond substituents is 1. The molecule has 0 bridgehead atoms. The maximum Gasteiger partial charge on any atom is 0.415 e. The smallest absolute Gasteiger partial charge is 0.415 e. The normalized spacial score (nSPS) is 18.9. The molecule has 0 radical (unpaired) electrons. The van der Waals surface area contributed by atoms with Crippen LogP contribution in [0.15, 0.2) is 106 Å². The first-order valence-corrected chi connectivity index (χ1v) is 34.4. The summed E-state index contributed by atoms with van der Waals surface area (Å²) in [6, 6.07) is 17.2. The van der Waals surface area contributed by atoms with Crippen LogP contribution in [0.5, 0.6) is 23.2 Å². The van der Waals surface area contributed by atoms with Crippen molar-refractivity contribution in [2.45, 2.75) is 114 Å². The molecule has 6 aliphatic rings. The first kappa shape index (κ1) is 62.9. The molecule has 2 N–H and O–H groups in total. The van der Waals surface area contributed by atoms with Crippen molar-refractivity contribution in [2.75, 3.05) is 78.5 Å². The van der Waals surface area contributed by atoms with E-state index in [1.807, 2.05) is 0 Å². The summed E-state index contributed by atoms with van der Waals surface area (Å²) >= 11 is 12.3. The van der Waals surface area contributed by atoms with Gasteiger partial charge in [-0.1, -0.05) is 43.5 Å². The Labute approximate surface area is 553 Å². The molecule has 10 aromatic rings. The van der Waals surface area contributed by atoms with Crippen LogP contribution in [0.25, 0.3) is 87.0 Å². The second-order valence-electron chi connectivity index (χ2n) is 25.3. The monoisotopic (exact) mass is 1410 g/mol. The van der Waals surface area contributed by atoms with Crippen molar-refractivity contribution in [3.8, 4) is 23.2 Å². The quantitative estimate of drug-likeness (QED) is 0.0534. The molecule has 0 spiro atoms. The highest BCUT2D eigenvalue weighted by Gasteiger charge is 2.35. The molecule has 6 saturated heterocycles. The third-order valence-corrected chi connectivity index (χ3v) is 21.6. The Bertz CT molecular complexity index is 4780. The molecule has 0 aliphatic carbocycles. The number of halogens is 3. The predicted octanol–water partition coefficient (Wildman–Crippen LogP) is 13.4. The van der Waals surface area contributed by atoms with Gasteiger partial charge in [0.1, 0.15) is 33.4 Å². The molecule has 0 unspecified atom stereocenters. The largest absolute Gasteiger partial charge is 0.506 e. The number of hydrogen-bond acceptors (Lipinski definition) is 18. The van der Waals surface area contributed by atoms with E-state index in [4.69, 9.17) is 38.7 Å². The van der Waals surface area contributed by atoms with Crippen LogP contribution < -0.4 is 31.8 Å². The molecule has 24 heteroatoms. The second kappa shape index (κ2) is 26.3. The highest BCUT2D eigenvalue weighted by Crippen LogP contribution is 2.48. The highest BCUT2D eigenvalue weighted by atomic mass is 79.9. The number of fused-ring (bicyclic) bond motifs is 4. The molecule has 6 aliphatic heterocycles. The summed E-state index contributed by atoms with van der Waals surface area (Å²) in [6.45, 7) is 10.8. The summed E-state index contributed by atoms with van der Waals surface area (Å²) in [5.41, 5.74) is -2.06. The maximum absolute atomic E-state index is 14.0. The summed E-state index contributed by atoms with van der Waals surface area (Å²) in [4.78, 5) is 104. The fraction of sp³-hybridized carbons (Fsp3) is 0.435. The van der Waals surface area contributed by atoms with Crippen LogP contribution in [-0.4, -0.2) is 154 Å². The Hall–Kier alpha value is -7.54. The van der Waals surface area contributed by atoms with E-state index in [1.165, 1.54) is 89.1 Å². The number of piperidine rings is 6. The van der Waals surface area contributed by atoms with Crippen molar-refractivity contribution in [2.24, 2.45) is 0 Å². The van der Waals surface area contributed by atoms with Gasteiger partial charge in [-0.05, 0) is 196 Å². The lowest BCUT2D eigenvalue weighted by Gasteiger charge is -2.39. The molecular formula is C69H69Br2ClN6O15. The Morgan fingerprint density at radius 3 is 1.41 bits per heavy atom. The molecule has 16 rings (SSSR count). The van der Waals surface area contributed by atoms with Crippen LogP contribution in [0, 0.1) is 0 Å². The second-order valence-corrected chi connectivity index (χ2v) is 27.3. The molecule has 6 aromatic carbocycles. The van der Waals surface area contributed by atoms with Gasteiger partial charge in [0.2, 0.25) is 0 Å². The summed E-state index contributed by atoms with van der Waals surface area (Å²) in [6.07, 6.45) is 16.0. The Morgan fingerprint density at radius 2 is 0.871 bits per heavy atom. The lowest BCUT2D eigenvalue weighted by atomic mass is 9.97. The number of ether oxygens (including phenoxy) is 2. The SMILES string of the molecule is O=C(Cl)N1CCC(N2CCCCC2)CC1.O=C(Oc1c2cccc(OC(=O)N3CCC(N4CCCCC4)CC3)c2c2oc(=O)c3c(Br)ccc4oc(=O)c1c2c43)N1CCC(N2CCCCC2)CC1.O=c1oc2ccc(Br)c3c(O)oc4c5c(=O)cccc5c(O)c1c4c23. The summed E-state index contributed by atoms with van der Waals surface area (Å²) < 4.78 is 36.0. The zero-order chi connectivity index (χ0) is 64.3. The predicted molar refractivity (Wildman–Crippen MR) is 362 cm³/mol. The van der Waals surface area contributed by atoms with E-state index in [-0.39, 0.29) is 93.4 Å². The van der Waals surface area contributed by atoms with Gasteiger partial charge in [0.15, 0.2) is 22.3 Å². The number of amides is 3. The molecule has 93 heavy (non-hydrogen) atoms. The van der Waals surface area contributed by atoms with Crippen LogP contribution in [0.4, 0.5) is 14.4 Å². The lowest BCUT2D eigenvalue weighted by Crippen LogP contribution is -2.48. The van der Waals surface area contributed by atoms with Crippen LogP contribution >= 0.6 is 43.5 Å². The van der Waals surface area contributed by atoms with E-state index in [0.29, 0.717) is 69.4 Å². The standard InChI is InChI=1S/C40H43BrN4O8.C18H7BrO6.C11H19ClN2O/c41-27-10-11-29-32-31(27)37(46)52-36-30-26(8-7-9-28(30)51-39(48)44-20-12-24(13-21-44)42-16-3-1-4-17-42)35(34(33(32)36)38(47)50-29)53-40(49)45-22-14-25(15-23-45)43-18-5-2-6-19-43;19-7-4-5-9-12-11(7)17(22)25-16-10-6(2-1-3-8(10)20)15(21)14(13(12)16)18(23)24-9;12-11(15)14-8-4-10(5-9-14)13-6-2-1-3-7-13/h7-11,24-25H,1-6,12-23H2;1-5,21-22H;10H,1-9H2. The lowest BCUT2D eigenvalue weighted by molar-refractivity contribution is 0.0876. The number of phenols is 1. The number of rotatable bonds is 5. The number of hydrogen-bond donors (Lipinski definition) is 2. The van der Waals surface area contributed by atoms with E-state index in [1.54, 1.807) is 57.2 Å². The van der Waals surface area contributed by atoms with Crippen molar-refractivity contribution in [3.63, 3.8) is 0 Å². The molecular weight excluding hydrogens is 1350 g/mol. The van der Waals surface area contributed by atoms with Gasteiger partial charge in [-0.3, -0.25) is 9.59 Å². The fourth-order valence-electron chi connectivity index (χ4n) is 15.3. The average molecular weight is 1420 g/mol. The zero-order valence-corrected chi connectivity index (χ0v) is 55.0. The molecule has 6 fully saturated rings. The minimum absolute atomic E-state index is 0.0216. The molecule has 21 nitrogen and oxygen atoms in total. The van der Waals surface area contributed by atoms with Crippen molar-refractivity contribution >= 4 is 148 Å². The third-order valence-electron chi connectivity index (χ3n) is 20.0.